The molecule has 0 aliphatic carbocycles. The summed E-state index contributed by atoms with van der Waals surface area (Å²) in [5, 5.41) is 7.04. The number of hydrogen-bond acceptors (Lipinski definition) is 5. The molecular formula is C21H31N5S. The van der Waals surface area contributed by atoms with Crippen LogP contribution >= 0.6 is 11.3 Å². The molecule has 3 aromatic rings. The third-order valence-corrected chi connectivity index (χ3v) is 6.47. The van der Waals surface area contributed by atoms with E-state index in [4.69, 9.17) is 9.97 Å². The standard InChI is InChI=1S/C21H31N5S/c1-5-6-7-16-24-17-18(25-16)20(26-21(2,3)4)23-14-12-15(27-19(14)17)13-8-10-22-11-9-13/h12-13,22H,5-11H2,1-4H3,(H,23,26)(H,24,25). The Labute approximate surface area is 165 Å². The smallest absolute Gasteiger partial charge is 0.155 e. The van der Waals surface area contributed by atoms with Crippen molar-refractivity contribution in [1.29, 1.82) is 0 Å². The number of aromatic nitrogens is 3. The van der Waals surface area contributed by atoms with Crippen molar-refractivity contribution in [3.8, 4) is 0 Å². The Morgan fingerprint density at radius 2 is 2.00 bits per heavy atom. The topological polar surface area (TPSA) is 65.6 Å². The Hall–Kier alpha value is -1.66. The van der Waals surface area contributed by atoms with Crippen LogP contribution in [-0.4, -0.2) is 33.6 Å². The molecule has 3 aromatic heterocycles. The predicted molar refractivity (Wildman–Crippen MR) is 116 cm³/mol. The monoisotopic (exact) mass is 385 g/mol. The van der Waals surface area contributed by atoms with Crippen molar-refractivity contribution in [2.45, 2.75) is 71.3 Å². The van der Waals surface area contributed by atoms with Crippen molar-refractivity contribution in [2.24, 2.45) is 0 Å². The number of anilines is 1. The molecule has 0 bridgehead atoms. The number of H-pyrrole nitrogens is 1. The molecule has 1 saturated heterocycles. The van der Waals surface area contributed by atoms with Crippen LogP contribution in [0.4, 0.5) is 5.82 Å². The largest absolute Gasteiger partial charge is 0.364 e. The van der Waals surface area contributed by atoms with Gasteiger partial charge in [-0.25, -0.2) is 9.97 Å². The van der Waals surface area contributed by atoms with Crippen LogP contribution in [0.1, 0.15) is 70.0 Å². The summed E-state index contributed by atoms with van der Waals surface area (Å²) in [6.07, 6.45) is 5.76. The SMILES string of the molecule is CCCCc1nc2c(NC(C)(C)C)nc3cc(C4CCNCC4)sc3c2[nH]1. The molecular weight excluding hydrogens is 354 g/mol. The molecule has 0 radical (unpaired) electrons. The molecule has 0 unspecified atom stereocenters. The minimum atomic E-state index is -0.0516. The van der Waals surface area contributed by atoms with Crippen molar-refractivity contribution in [3.63, 3.8) is 0 Å². The maximum Gasteiger partial charge on any atom is 0.155 e. The molecule has 1 aliphatic rings. The second kappa shape index (κ2) is 7.40. The summed E-state index contributed by atoms with van der Waals surface area (Å²) in [6, 6.07) is 2.32. The van der Waals surface area contributed by atoms with E-state index in [0.717, 1.165) is 54.1 Å². The van der Waals surface area contributed by atoms with Gasteiger partial charge in [0.05, 0.1) is 15.7 Å². The number of nitrogens with zero attached hydrogens (tertiary/aromatic N) is 2. The quantitative estimate of drug-likeness (QED) is 0.565. The highest BCUT2D eigenvalue weighted by atomic mass is 32.1. The van der Waals surface area contributed by atoms with Gasteiger partial charge in [-0.3, -0.25) is 0 Å². The second-order valence-corrected chi connectivity index (χ2v) is 9.82. The average molecular weight is 386 g/mol. The number of thiophene rings is 1. The summed E-state index contributed by atoms with van der Waals surface area (Å²) in [4.78, 5) is 15.0. The number of aryl methyl sites for hydroxylation is 1. The van der Waals surface area contributed by atoms with Crippen LogP contribution in [0.3, 0.4) is 0 Å². The van der Waals surface area contributed by atoms with Crippen LogP contribution < -0.4 is 10.6 Å². The molecule has 0 atom stereocenters. The normalized spacial score (nSPS) is 16.4. The van der Waals surface area contributed by atoms with Crippen molar-refractivity contribution in [1.82, 2.24) is 20.3 Å². The number of fused-ring (bicyclic) bond motifs is 3. The molecule has 0 aromatic carbocycles. The number of unbranched alkanes of at least 4 members (excludes halogenated alkanes) is 1. The van der Waals surface area contributed by atoms with E-state index in [1.807, 2.05) is 11.3 Å². The number of rotatable bonds is 5. The molecule has 0 saturated carbocycles. The lowest BCUT2D eigenvalue weighted by Gasteiger charge is -2.21. The first-order valence-electron chi connectivity index (χ1n) is 10.3. The summed E-state index contributed by atoms with van der Waals surface area (Å²) in [7, 11) is 0. The van der Waals surface area contributed by atoms with Gasteiger partial charge in [-0.1, -0.05) is 13.3 Å². The van der Waals surface area contributed by atoms with Gasteiger partial charge < -0.3 is 15.6 Å². The van der Waals surface area contributed by atoms with E-state index >= 15 is 0 Å². The van der Waals surface area contributed by atoms with E-state index in [9.17, 15) is 0 Å². The average Bonchev–Trinajstić information content (AvgIpc) is 3.23. The zero-order valence-electron chi connectivity index (χ0n) is 16.9. The van der Waals surface area contributed by atoms with Gasteiger partial charge in [0.2, 0.25) is 0 Å². The number of nitrogens with one attached hydrogen (secondary N) is 3. The minimum absolute atomic E-state index is 0.0516. The fourth-order valence-electron chi connectivity index (χ4n) is 3.81. The van der Waals surface area contributed by atoms with Gasteiger partial charge in [-0.05, 0) is 65.1 Å². The molecule has 3 N–H and O–H groups in total. The van der Waals surface area contributed by atoms with E-state index < -0.39 is 0 Å². The molecule has 4 rings (SSSR count). The number of pyridine rings is 1. The van der Waals surface area contributed by atoms with E-state index in [1.54, 1.807) is 0 Å². The molecule has 1 aliphatic heterocycles. The molecule has 5 nitrogen and oxygen atoms in total. The van der Waals surface area contributed by atoms with Gasteiger partial charge in [-0.2, -0.15) is 0 Å². The first-order valence-corrected chi connectivity index (χ1v) is 11.1. The third kappa shape index (κ3) is 3.97. The first-order chi connectivity index (χ1) is 12.9. The summed E-state index contributed by atoms with van der Waals surface area (Å²) < 4.78 is 1.26. The minimum Gasteiger partial charge on any atom is -0.364 e. The Balaban J connectivity index is 1.83. The van der Waals surface area contributed by atoms with E-state index in [0.29, 0.717) is 5.92 Å². The maximum absolute atomic E-state index is 5.00. The molecule has 146 valence electrons. The fourth-order valence-corrected chi connectivity index (χ4v) is 5.07. The van der Waals surface area contributed by atoms with E-state index in [1.165, 1.54) is 28.8 Å². The summed E-state index contributed by atoms with van der Waals surface area (Å²) in [5.74, 6) is 2.63. The highest BCUT2D eigenvalue weighted by Crippen LogP contribution is 2.39. The van der Waals surface area contributed by atoms with E-state index in [2.05, 4.69) is 49.4 Å². The van der Waals surface area contributed by atoms with Gasteiger partial charge >= 0.3 is 0 Å². The zero-order chi connectivity index (χ0) is 19.0. The van der Waals surface area contributed by atoms with Gasteiger partial charge in [0, 0.05) is 16.8 Å². The molecule has 4 heterocycles. The summed E-state index contributed by atoms with van der Waals surface area (Å²) >= 11 is 1.91. The first kappa shape index (κ1) is 18.7. The molecule has 1 fully saturated rings. The fraction of sp³-hybridized carbons (Fsp3) is 0.619. The lowest BCUT2D eigenvalue weighted by atomic mass is 9.96. The van der Waals surface area contributed by atoms with Gasteiger partial charge in [0.25, 0.3) is 0 Å². The number of piperidine rings is 1. The molecule has 27 heavy (non-hydrogen) atoms. The summed E-state index contributed by atoms with van der Waals surface area (Å²) in [6.45, 7) is 11.0. The molecule has 0 amide bonds. The van der Waals surface area contributed by atoms with Crippen LogP contribution in [-0.2, 0) is 6.42 Å². The van der Waals surface area contributed by atoms with Gasteiger partial charge in [0.15, 0.2) is 5.82 Å². The Bertz CT molecular complexity index is 927. The van der Waals surface area contributed by atoms with Crippen molar-refractivity contribution in [3.05, 3.63) is 16.8 Å². The van der Waals surface area contributed by atoms with Crippen LogP contribution in [0.25, 0.3) is 21.3 Å². The van der Waals surface area contributed by atoms with Crippen LogP contribution in [0.15, 0.2) is 6.07 Å². The Morgan fingerprint density at radius 1 is 1.22 bits per heavy atom. The summed E-state index contributed by atoms with van der Waals surface area (Å²) in [5.41, 5.74) is 3.19. The zero-order valence-corrected chi connectivity index (χ0v) is 17.7. The predicted octanol–water partition coefficient (Wildman–Crippen LogP) is 5.19. The highest BCUT2D eigenvalue weighted by molar-refractivity contribution is 7.20. The van der Waals surface area contributed by atoms with Gasteiger partial charge in [-0.15, -0.1) is 11.3 Å². The molecule has 6 heteroatoms. The van der Waals surface area contributed by atoms with Crippen molar-refractivity contribution in [2.75, 3.05) is 18.4 Å². The third-order valence-electron chi connectivity index (χ3n) is 5.17. The van der Waals surface area contributed by atoms with Crippen LogP contribution in [0.2, 0.25) is 0 Å². The maximum atomic E-state index is 5.00. The number of imidazole rings is 1. The number of hydrogen-bond donors (Lipinski definition) is 3. The lowest BCUT2D eigenvalue weighted by molar-refractivity contribution is 0.465. The highest BCUT2D eigenvalue weighted by Gasteiger charge is 2.22. The number of aromatic amines is 1. The van der Waals surface area contributed by atoms with E-state index in [-0.39, 0.29) is 5.54 Å². The van der Waals surface area contributed by atoms with Gasteiger partial charge in [0.1, 0.15) is 11.3 Å². The second-order valence-electron chi connectivity index (χ2n) is 8.73. The Morgan fingerprint density at radius 3 is 2.70 bits per heavy atom. The lowest BCUT2D eigenvalue weighted by Crippen LogP contribution is -2.26. The van der Waals surface area contributed by atoms with Crippen molar-refractivity contribution >= 4 is 38.4 Å². The molecule has 0 spiro atoms. The van der Waals surface area contributed by atoms with Crippen LogP contribution in [0.5, 0.6) is 0 Å². The van der Waals surface area contributed by atoms with Crippen molar-refractivity contribution < 1.29 is 0 Å². The van der Waals surface area contributed by atoms with Crippen LogP contribution in [0, 0.1) is 0 Å². The Kier molecular flexibility index (Phi) is 5.12.